The molecule has 1 N–H and O–H groups in total. The van der Waals surface area contributed by atoms with E-state index < -0.39 is 10.0 Å². The third-order valence-corrected chi connectivity index (χ3v) is 8.41. The van der Waals surface area contributed by atoms with Crippen LogP contribution in [0, 0.1) is 13.8 Å². The summed E-state index contributed by atoms with van der Waals surface area (Å²) in [6.45, 7) is 4.23. The lowest BCUT2D eigenvalue weighted by atomic mass is 10.1. The predicted molar refractivity (Wildman–Crippen MR) is 146 cm³/mol. The average molecular weight is 645 g/mol. The van der Waals surface area contributed by atoms with Gasteiger partial charge in [-0.05, 0) is 71.7 Å². The summed E-state index contributed by atoms with van der Waals surface area (Å²) in [5, 5.41) is 0.524. The van der Waals surface area contributed by atoms with Crippen molar-refractivity contribution in [2.45, 2.75) is 31.7 Å². The normalized spacial score (nSPS) is 11.4. The van der Waals surface area contributed by atoms with Crippen molar-refractivity contribution in [1.82, 2.24) is 9.62 Å². The summed E-state index contributed by atoms with van der Waals surface area (Å²) in [5.41, 5.74) is 2.91. The van der Waals surface area contributed by atoms with Crippen molar-refractivity contribution in [2.24, 2.45) is 0 Å². The van der Waals surface area contributed by atoms with Gasteiger partial charge in [0.25, 0.3) is 0 Å². The standard InChI is InChI=1S/C25H25Br2ClN2O4S/c1-16-4-9-22(17(2)12-16)34-23-14-20(28)7-5-18(23)15-30(3)25(31)10-11-29-35(32,33)24-13-19(26)6-8-21(24)27/h4-9,12-14,29H,10-11,15H2,1-3H3. The van der Waals surface area contributed by atoms with Gasteiger partial charge in [0.15, 0.2) is 0 Å². The number of halogens is 3. The van der Waals surface area contributed by atoms with E-state index in [1.54, 1.807) is 31.3 Å². The molecule has 0 heterocycles. The van der Waals surface area contributed by atoms with Crippen molar-refractivity contribution in [2.75, 3.05) is 13.6 Å². The van der Waals surface area contributed by atoms with Gasteiger partial charge in [0.1, 0.15) is 11.5 Å². The molecular weight excluding hydrogens is 620 g/mol. The van der Waals surface area contributed by atoms with Gasteiger partial charge in [-0.1, -0.05) is 51.3 Å². The highest BCUT2D eigenvalue weighted by molar-refractivity contribution is 9.11. The smallest absolute Gasteiger partial charge is 0.241 e. The number of rotatable bonds is 9. The molecule has 0 aliphatic heterocycles. The lowest BCUT2D eigenvalue weighted by molar-refractivity contribution is -0.130. The van der Waals surface area contributed by atoms with E-state index in [4.69, 9.17) is 16.3 Å². The lowest BCUT2D eigenvalue weighted by Gasteiger charge is -2.20. The number of aryl methyl sites for hydroxylation is 2. The van der Waals surface area contributed by atoms with Crippen molar-refractivity contribution >= 4 is 59.4 Å². The molecule has 0 saturated carbocycles. The number of carbonyl (C=O) groups excluding carboxylic acids is 1. The van der Waals surface area contributed by atoms with E-state index in [2.05, 4.69) is 36.6 Å². The van der Waals surface area contributed by atoms with Gasteiger partial charge in [-0.25, -0.2) is 13.1 Å². The van der Waals surface area contributed by atoms with Gasteiger partial charge in [0, 0.05) is 46.1 Å². The Morgan fingerprint density at radius 3 is 2.49 bits per heavy atom. The highest BCUT2D eigenvalue weighted by Gasteiger charge is 2.19. The number of hydrogen-bond donors (Lipinski definition) is 1. The maximum atomic E-state index is 12.7. The Morgan fingerprint density at radius 1 is 1.03 bits per heavy atom. The number of carbonyl (C=O) groups is 1. The molecule has 10 heteroatoms. The average Bonchev–Trinajstić information content (AvgIpc) is 2.78. The first-order valence-electron chi connectivity index (χ1n) is 10.7. The summed E-state index contributed by atoms with van der Waals surface area (Å²) in [6.07, 6.45) is 0.00219. The molecule has 0 unspecified atom stereocenters. The maximum absolute atomic E-state index is 12.7. The van der Waals surface area contributed by atoms with Crippen LogP contribution in [0.25, 0.3) is 0 Å². The molecule has 0 aliphatic rings. The number of benzene rings is 3. The Morgan fingerprint density at radius 2 is 1.77 bits per heavy atom. The molecule has 0 radical (unpaired) electrons. The van der Waals surface area contributed by atoms with Gasteiger partial charge in [0.05, 0.1) is 4.90 Å². The van der Waals surface area contributed by atoms with Crippen molar-refractivity contribution in [3.05, 3.63) is 85.3 Å². The molecule has 3 aromatic carbocycles. The second kappa shape index (κ2) is 11.9. The summed E-state index contributed by atoms with van der Waals surface area (Å²) in [5.74, 6) is 1.05. The van der Waals surface area contributed by atoms with Crippen LogP contribution >= 0.6 is 43.5 Å². The predicted octanol–water partition coefficient (Wildman–Crippen LogP) is 6.60. The molecule has 0 aromatic heterocycles. The quantitative estimate of drug-likeness (QED) is 0.285. The number of nitrogens with one attached hydrogen (secondary N) is 1. The van der Waals surface area contributed by atoms with E-state index in [9.17, 15) is 13.2 Å². The molecule has 0 fully saturated rings. The van der Waals surface area contributed by atoms with Gasteiger partial charge in [-0.15, -0.1) is 0 Å². The fraction of sp³-hybridized carbons (Fsp3) is 0.240. The van der Waals surface area contributed by atoms with Crippen LogP contribution in [-0.2, 0) is 21.4 Å². The second-order valence-corrected chi connectivity index (χ2v) is 12.0. The van der Waals surface area contributed by atoms with E-state index in [0.29, 0.717) is 25.5 Å². The van der Waals surface area contributed by atoms with Crippen LogP contribution < -0.4 is 9.46 Å². The fourth-order valence-electron chi connectivity index (χ4n) is 3.37. The minimum atomic E-state index is -3.78. The van der Waals surface area contributed by atoms with Crippen molar-refractivity contribution in [3.8, 4) is 11.5 Å². The van der Waals surface area contributed by atoms with E-state index in [1.165, 1.54) is 11.0 Å². The highest BCUT2D eigenvalue weighted by atomic mass is 79.9. The third kappa shape index (κ3) is 7.54. The van der Waals surface area contributed by atoms with Crippen LogP contribution in [0.1, 0.15) is 23.1 Å². The van der Waals surface area contributed by atoms with Crippen LogP contribution in [-0.4, -0.2) is 32.8 Å². The first kappa shape index (κ1) is 27.7. The fourth-order valence-corrected chi connectivity index (χ4v) is 6.07. The molecule has 1 amide bonds. The van der Waals surface area contributed by atoms with Gasteiger partial charge in [-0.2, -0.15) is 0 Å². The summed E-state index contributed by atoms with van der Waals surface area (Å²) >= 11 is 12.7. The second-order valence-electron chi connectivity index (χ2n) is 8.10. The van der Waals surface area contributed by atoms with Gasteiger partial charge in [0.2, 0.25) is 15.9 Å². The van der Waals surface area contributed by atoms with Gasteiger partial charge in [-0.3, -0.25) is 4.79 Å². The first-order valence-corrected chi connectivity index (χ1v) is 14.1. The lowest BCUT2D eigenvalue weighted by Crippen LogP contribution is -2.32. The van der Waals surface area contributed by atoms with Crippen LogP contribution in [0.15, 0.2) is 68.4 Å². The maximum Gasteiger partial charge on any atom is 0.241 e. The molecular formula is C25H25Br2ClN2O4S. The van der Waals surface area contributed by atoms with Gasteiger partial charge >= 0.3 is 0 Å². The molecule has 3 aromatic rings. The Bertz CT molecular complexity index is 1350. The van der Waals surface area contributed by atoms with Crippen molar-refractivity contribution in [3.63, 3.8) is 0 Å². The van der Waals surface area contributed by atoms with E-state index >= 15 is 0 Å². The van der Waals surface area contributed by atoms with E-state index in [-0.39, 0.29) is 30.3 Å². The number of amides is 1. The topological polar surface area (TPSA) is 75.7 Å². The zero-order valence-corrected chi connectivity index (χ0v) is 24.2. The largest absolute Gasteiger partial charge is 0.457 e. The molecule has 0 bridgehead atoms. The molecule has 6 nitrogen and oxygen atoms in total. The van der Waals surface area contributed by atoms with E-state index in [0.717, 1.165) is 16.7 Å². The highest BCUT2D eigenvalue weighted by Crippen LogP contribution is 2.31. The molecule has 0 atom stereocenters. The zero-order valence-electron chi connectivity index (χ0n) is 19.4. The van der Waals surface area contributed by atoms with Crippen LogP contribution in [0.2, 0.25) is 5.02 Å². The number of ether oxygens (including phenoxy) is 1. The minimum Gasteiger partial charge on any atom is -0.457 e. The molecule has 0 spiro atoms. The van der Waals surface area contributed by atoms with E-state index in [1.807, 2.05) is 38.1 Å². The van der Waals surface area contributed by atoms with Gasteiger partial charge < -0.3 is 9.64 Å². The third-order valence-electron chi connectivity index (χ3n) is 5.23. The zero-order chi connectivity index (χ0) is 25.8. The molecule has 3 rings (SSSR count). The first-order chi connectivity index (χ1) is 16.5. The molecule has 186 valence electrons. The Kier molecular flexibility index (Phi) is 9.40. The Balaban J connectivity index is 1.65. The summed E-state index contributed by atoms with van der Waals surface area (Å²) in [4.78, 5) is 14.4. The number of sulfonamides is 1. The SMILES string of the molecule is Cc1ccc(Oc2cc(Cl)ccc2CN(C)C(=O)CCNS(=O)(=O)c2cc(Br)ccc2Br)c(C)c1. The summed E-state index contributed by atoms with van der Waals surface area (Å²) in [6, 6.07) is 16.1. The van der Waals surface area contributed by atoms with Crippen molar-refractivity contribution < 1.29 is 17.9 Å². The summed E-state index contributed by atoms with van der Waals surface area (Å²) < 4.78 is 35.0. The molecule has 0 saturated heterocycles. The van der Waals surface area contributed by atoms with Crippen molar-refractivity contribution in [1.29, 1.82) is 0 Å². The minimum absolute atomic E-state index is 0.00219. The van der Waals surface area contributed by atoms with Crippen LogP contribution in [0.3, 0.4) is 0 Å². The Hall–Kier alpha value is -1.91. The van der Waals surface area contributed by atoms with Crippen LogP contribution in [0.4, 0.5) is 0 Å². The number of hydrogen-bond acceptors (Lipinski definition) is 4. The summed E-state index contributed by atoms with van der Waals surface area (Å²) in [7, 11) is -2.12. The Labute approximate surface area is 227 Å². The monoisotopic (exact) mass is 642 g/mol. The molecule has 0 aliphatic carbocycles. The number of nitrogens with zero attached hydrogens (tertiary/aromatic N) is 1. The molecule has 35 heavy (non-hydrogen) atoms. The van der Waals surface area contributed by atoms with Crippen LogP contribution in [0.5, 0.6) is 11.5 Å².